The molecule has 0 spiro atoms. The molecule has 1 heterocycles. The zero-order valence-electron chi connectivity index (χ0n) is 15.8. The van der Waals surface area contributed by atoms with E-state index in [0.29, 0.717) is 22.9 Å². The highest BCUT2D eigenvalue weighted by Crippen LogP contribution is 2.19. The van der Waals surface area contributed by atoms with Crippen LogP contribution in [0.2, 0.25) is 5.02 Å². The Morgan fingerprint density at radius 3 is 2.36 bits per heavy atom. The summed E-state index contributed by atoms with van der Waals surface area (Å²) < 4.78 is 5.75. The highest BCUT2D eigenvalue weighted by atomic mass is 35.5. The van der Waals surface area contributed by atoms with Crippen LogP contribution in [0.25, 0.3) is 0 Å². The van der Waals surface area contributed by atoms with E-state index in [1.54, 1.807) is 30.5 Å². The molecule has 0 unspecified atom stereocenters. The first-order valence-electron chi connectivity index (χ1n) is 9.01. The number of ether oxygens (including phenoxy) is 1. The van der Waals surface area contributed by atoms with Crippen molar-refractivity contribution in [3.05, 3.63) is 83.0 Å². The van der Waals surface area contributed by atoms with Gasteiger partial charge in [-0.15, -0.1) is 0 Å². The molecular formula is C22H22ClN3O2. The molecule has 0 atom stereocenters. The van der Waals surface area contributed by atoms with Crippen LogP contribution in [0.3, 0.4) is 0 Å². The second-order valence-corrected chi connectivity index (χ2v) is 7.06. The van der Waals surface area contributed by atoms with Crippen molar-refractivity contribution in [2.45, 2.75) is 26.5 Å². The number of rotatable bonds is 7. The third-order valence-corrected chi connectivity index (χ3v) is 4.15. The fourth-order valence-corrected chi connectivity index (χ4v) is 2.62. The molecule has 0 aliphatic carbocycles. The molecule has 28 heavy (non-hydrogen) atoms. The monoisotopic (exact) mass is 395 g/mol. The van der Waals surface area contributed by atoms with Gasteiger partial charge in [0.25, 0.3) is 5.91 Å². The van der Waals surface area contributed by atoms with Crippen molar-refractivity contribution in [2.75, 3.05) is 10.6 Å². The SMILES string of the molecule is CC(C)Nc1ccc(C(=O)Nc2ccc(OCc3ccc(Cl)cc3)cc2)cn1. The Bertz CT molecular complexity index is 908. The van der Waals surface area contributed by atoms with Crippen molar-refractivity contribution in [3.8, 4) is 5.75 Å². The third-order valence-electron chi connectivity index (χ3n) is 3.89. The number of pyridine rings is 1. The summed E-state index contributed by atoms with van der Waals surface area (Å²) in [6.45, 7) is 4.52. The summed E-state index contributed by atoms with van der Waals surface area (Å²) >= 11 is 5.88. The highest BCUT2D eigenvalue weighted by molar-refractivity contribution is 6.30. The van der Waals surface area contributed by atoms with Crippen LogP contribution in [0.15, 0.2) is 66.9 Å². The molecule has 5 nitrogen and oxygen atoms in total. The molecule has 0 bridgehead atoms. The van der Waals surface area contributed by atoms with Crippen LogP contribution in [-0.2, 0) is 6.61 Å². The molecule has 0 aliphatic heterocycles. The number of benzene rings is 2. The summed E-state index contributed by atoms with van der Waals surface area (Å²) in [5, 5.41) is 6.75. The van der Waals surface area contributed by atoms with E-state index >= 15 is 0 Å². The van der Waals surface area contributed by atoms with Gasteiger partial charge in [-0.2, -0.15) is 0 Å². The van der Waals surface area contributed by atoms with E-state index in [1.807, 2.05) is 50.2 Å². The second kappa shape index (κ2) is 9.24. The Labute approximate surface area is 169 Å². The lowest BCUT2D eigenvalue weighted by Crippen LogP contribution is -2.14. The van der Waals surface area contributed by atoms with E-state index in [1.165, 1.54) is 0 Å². The summed E-state index contributed by atoms with van der Waals surface area (Å²) in [4.78, 5) is 16.6. The molecule has 6 heteroatoms. The fraction of sp³-hybridized carbons (Fsp3) is 0.182. The topological polar surface area (TPSA) is 63.2 Å². The maximum Gasteiger partial charge on any atom is 0.257 e. The van der Waals surface area contributed by atoms with E-state index in [0.717, 1.165) is 17.1 Å². The van der Waals surface area contributed by atoms with E-state index in [-0.39, 0.29) is 11.9 Å². The van der Waals surface area contributed by atoms with Crippen molar-refractivity contribution >= 4 is 29.0 Å². The first-order chi connectivity index (χ1) is 13.5. The van der Waals surface area contributed by atoms with Gasteiger partial charge in [0.2, 0.25) is 0 Å². The van der Waals surface area contributed by atoms with Crippen LogP contribution in [-0.4, -0.2) is 16.9 Å². The largest absolute Gasteiger partial charge is 0.489 e. The molecule has 144 valence electrons. The predicted octanol–water partition coefficient (Wildman–Crippen LogP) is 5.39. The smallest absolute Gasteiger partial charge is 0.257 e. The number of aromatic nitrogens is 1. The molecular weight excluding hydrogens is 374 g/mol. The Hall–Kier alpha value is -3.05. The highest BCUT2D eigenvalue weighted by Gasteiger charge is 2.07. The minimum absolute atomic E-state index is 0.210. The van der Waals surface area contributed by atoms with Gasteiger partial charge in [-0.05, 0) is 67.9 Å². The van der Waals surface area contributed by atoms with Crippen LogP contribution in [0.5, 0.6) is 5.75 Å². The summed E-state index contributed by atoms with van der Waals surface area (Å²) in [5.41, 5.74) is 2.22. The molecule has 0 fully saturated rings. The summed E-state index contributed by atoms with van der Waals surface area (Å²) in [5.74, 6) is 1.26. The van der Waals surface area contributed by atoms with E-state index < -0.39 is 0 Å². The van der Waals surface area contributed by atoms with Gasteiger partial charge < -0.3 is 15.4 Å². The van der Waals surface area contributed by atoms with Crippen molar-refractivity contribution in [1.29, 1.82) is 0 Å². The van der Waals surface area contributed by atoms with E-state index in [4.69, 9.17) is 16.3 Å². The van der Waals surface area contributed by atoms with Gasteiger partial charge in [-0.25, -0.2) is 4.98 Å². The van der Waals surface area contributed by atoms with Gasteiger partial charge in [-0.1, -0.05) is 23.7 Å². The van der Waals surface area contributed by atoms with E-state index in [2.05, 4.69) is 15.6 Å². The number of hydrogen-bond donors (Lipinski definition) is 2. The van der Waals surface area contributed by atoms with Crippen LogP contribution in [0, 0.1) is 0 Å². The number of carbonyl (C=O) groups is 1. The van der Waals surface area contributed by atoms with Gasteiger partial charge in [0.15, 0.2) is 0 Å². The zero-order valence-corrected chi connectivity index (χ0v) is 16.5. The molecule has 0 aliphatic rings. The summed E-state index contributed by atoms with van der Waals surface area (Å²) in [6.07, 6.45) is 1.56. The quantitative estimate of drug-likeness (QED) is 0.563. The Balaban J connectivity index is 1.54. The molecule has 1 amide bonds. The maximum absolute atomic E-state index is 12.4. The molecule has 3 rings (SSSR count). The van der Waals surface area contributed by atoms with Crippen LogP contribution >= 0.6 is 11.6 Å². The number of nitrogens with zero attached hydrogens (tertiary/aromatic N) is 1. The van der Waals surface area contributed by atoms with Gasteiger partial charge in [0.1, 0.15) is 18.2 Å². The predicted molar refractivity (Wildman–Crippen MR) is 113 cm³/mol. The lowest BCUT2D eigenvalue weighted by atomic mass is 10.2. The van der Waals surface area contributed by atoms with Crippen molar-refractivity contribution in [1.82, 2.24) is 4.98 Å². The Morgan fingerprint density at radius 2 is 1.75 bits per heavy atom. The lowest BCUT2D eigenvalue weighted by Gasteiger charge is -2.10. The van der Waals surface area contributed by atoms with Crippen molar-refractivity contribution < 1.29 is 9.53 Å². The normalized spacial score (nSPS) is 10.6. The summed E-state index contributed by atoms with van der Waals surface area (Å²) in [6, 6.07) is 18.6. The minimum atomic E-state index is -0.210. The van der Waals surface area contributed by atoms with Crippen molar-refractivity contribution in [3.63, 3.8) is 0 Å². The van der Waals surface area contributed by atoms with Gasteiger partial charge in [0, 0.05) is 22.9 Å². The first kappa shape index (κ1) is 19.7. The molecule has 0 radical (unpaired) electrons. The van der Waals surface area contributed by atoms with Crippen LogP contribution < -0.4 is 15.4 Å². The number of amides is 1. The van der Waals surface area contributed by atoms with E-state index in [9.17, 15) is 4.79 Å². The number of carbonyl (C=O) groups excluding carboxylic acids is 1. The molecule has 3 aromatic rings. The average Bonchev–Trinajstić information content (AvgIpc) is 2.69. The third kappa shape index (κ3) is 5.72. The zero-order chi connectivity index (χ0) is 19.9. The van der Waals surface area contributed by atoms with Gasteiger partial charge in [-0.3, -0.25) is 4.79 Å². The molecule has 0 saturated heterocycles. The Morgan fingerprint density at radius 1 is 1.04 bits per heavy atom. The molecule has 0 saturated carbocycles. The summed E-state index contributed by atoms with van der Waals surface area (Å²) in [7, 11) is 0. The number of nitrogens with one attached hydrogen (secondary N) is 2. The number of halogens is 1. The standard InChI is InChI=1S/C22H22ClN3O2/c1-15(2)25-21-12-5-17(13-24-21)22(27)26-19-8-10-20(11-9-19)28-14-16-3-6-18(23)7-4-16/h3-13,15H,14H2,1-2H3,(H,24,25)(H,26,27). The number of hydrogen-bond acceptors (Lipinski definition) is 4. The maximum atomic E-state index is 12.4. The van der Waals surface area contributed by atoms with Gasteiger partial charge in [0.05, 0.1) is 5.56 Å². The van der Waals surface area contributed by atoms with Crippen molar-refractivity contribution in [2.24, 2.45) is 0 Å². The molecule has 2 aromatic carbocycles. The molecule has 2 N–H and O–H groups in total. The van der Waals surface area contributed by atoms with Gasteiger partial charge >= 0.3 is 0 Å². The minimum Gasteiger partial charge on any atom is -0.489 e. The Kier molecular flexibility index (Phi) is 6.50. The molecule has 1 aromatic heterocycles. The lowest BCUT2D eigenvalue weighted by molar-refractivity contribution is 0.102. The van der Waals surface area contributed by atoms with Crippen LogP contribution in [0.4, 0.5) is 11.5 Å². The number of anilines is 2. The second-order valence-electron chi connectivity index (χ2n) is 6.62. The van der Waals surface area contributed by atoms with Crippen LogP contribution in [0.1, 0.15) is 29.8 Å². The first-order valence-corrected chi connectivity index (χ1v) is 9.38. The fourth-order valence-electron chi connectivity index (χ4n) is 2.49. The average molecular weight is 396 g/mol.